The molecule has 20 heavy (non-hydrogen) atoms. The lowest BCUT2D eigenvalue weighted by Crippen LogP contribution is -2.01. The summed E-state index contributed by atoms with van der Waals surface area (Å²) < 4.78 is 20.9. The molecule has 7 nitrogen and oxygen atoms in total. The zero-order valence-corrected chi connectivity index (χ0v) is 11.4. The van der Waals surface area contributed by atoms with Gasteiger partial charge in [0.25, 0.3) is 5.89 Å². The molecule has 0 fully saturated rings. The van der Waals surface area contributed by atoms with Gasteiger partial charge in [-0.2, -0.15) is 4.98 Å². The van der Waals surface area contributed by atoms with Gasteiger partial charge in [-0.3, -0.25) is 4.79 Å². The van der Waals surface area contributed by atoms with Crippen LogP contribution in [0.25, 0.3) is 0 Å². The molecule has 7 heteroatoms. The second-order valence-corrected chi connectivity index (χ2v) is 3.90. The van der Waals surface area contributed by atoms with Gasteiger partial charge in [0.2, 0.25) is 5.75 Å². The number of carbonyl (C=O) groups is 1. The Balaban J connectivity index is 2.27. The molecule has 0 N–H and O–H groups in total. The van der Waals surface area contributed by atoms with Crippen LogP contribution >= 0.6 is 0 Å². The van der Waals surface area contributed by atoms with Crippen molar-refractivity contribution in [2.24, 2.45) is 0 Å². The molecule has 0 aliphatic carbocycles. The summed E-state index contributed by atoms with van der Waals surface area (Å²) >= 11 is 0. The molecule has 0 spiro atoms. The van der Waals surface area contributed by atoms with Crippen LogP contribution in [0.4, 0.5) is 0 Å². The van der Waals surface area contributed by atoms with Crippen molar-refractivity contribution >= 4 is 6.29 Å². The smallest absolute Gasteiger partial charge is 0.264 e. The highest BCUT2D eigenvalue weighted by molar-refractivity contribution is 5.78. The monoisotopic (exact) mass is 278 g/mol. The van der Waals surface area contributed by atoms with E-state index in [-0.39, 0.29) is 6.61 Å². The molecule has 0 bridgehead atoms. The summed E-state index contributed by atoms with van der Waals surface area (Å²) in [5, 5.41) is 3.67. The third-order valence-corrected chi connectivity index (χ3v) is 2.53. The maximum atomic E-state index is 10.9. The largest absolute Gasteiger partial charge is 0.493 e. The van der Waals surface area contributed by atoms with Crippen molar-refractivity contribution < 1.29 is 23.5 Å². The highest BCUT2D eigenvalue weighted by atomic mass is 16.5. The second kappa shape index (κ2) is 6.05. The molecule has 0 amide bonds. The van der Waals surface area contributed by atoms with Crippen LogP contribution in [0.3, 0.4) is 0 Å². The minimum Gasteiger partial charge on any atom is -0.493 e. The molecule has 0 unspecified atom stereocenters. The van der Waals surface area contributed by atoms with Crippen LogP contribution in [0.5, 0.6) is 17.2 Å². The first-order chi connectivity index (χ1) is 9.67. The van der Waals surface area contributed by atoms with Crippen LogP contribution in [-0.4, -0.2) is 30.6 Å². The molecule has 0 saturated heterocycles. The summed E-state index contributed by atoms with van der Waals surface area (Å²) in [5.74, 6) is 2.02. The third-order valence-electron chi connectivity index (χ3n) is 2.53. The standard InChI is InChI=1S/C13H14N2O5/c1-8-14-12(20-15-8)7-19-13-10(17-2)4-9(6-16)5-11(13)18-3/h4-6H,7H2,1-3H3. The van der Waals surface area contributed by atoms with Gasteiger partial charge in [-0.1, -0.05) is 5.16 Å². The molecule has 0 aliphatic heterocycles. The SMILES string of the molecule is COc1cc(C=O)cc(OC)c1OCc1nc(C)no1. The average molecular weight is 278 g/mol. The van der Waals surface area contributed by atoms with Crippen molar-refractivity contribution in [3.05, 3.63) is 29.4 Å². The fourth-order valence-electron chi connectivity index (χ4n) is 1.64. The molecule has 2 rings (SSSR count). The fraction of sp³-hybridized carbons (Fsp3) is 0.308. The van der Waals surface area contributed by atoms with Gasteiger partial charge in [-0.25, -0.2) is 0 Å². The molecular weight excluding hydrogens is 264 g/mol. The lowest BCUT2D eigenvalue weighted by atomic mass is 10.2. The van der Waals surface area contributed by atoms with E-state index in [1.54, 1.807) is 19.1 Å². The Kier molecular flexibility index (Phi) is 4.19. The predicted molar refractivity (Wildman–Crippen MR) is 68.3 cm³/mol. The summed E-state index contributed by atoms with van der Waals surface area (Å²) in [6, 6.07) is 3.12. The number of aromatic nitrogens is 2. The summed E-state index contributed by atoms with van der Waals surface area (Å²) in [7, 11) is 2.96. The number of aldehydes is 1. The van der Waals surface area contributed by atoms with E-state index < -0.39 is 0 Å². The van der Waals surface area contributed by atoms with Crippen molar-refractivity contribution in [1.82, 2.24) is 10.1 Å². The van der Waals surface area contributed by atoms with E-state index in [9.17, 15) is 4.79 Å². The minimum absolute atomic E-state index is 0.0774. The molecule has 2 aromatic rings. The Bertz CT molecular complexity index is 584. The molecule has 1 heterocycles. The summed E-state index contributed by atoms with van der Waals surface area (Å²) in [5.41, 5.74) is 0.430. The Hall–Kier alpha value is -2.57. The highest BCUT2D eigenvalue weighted by Crippen LogP contribution is 2.38. The molecule has 0 saturated carbocycles. The van der Waals surface area contributed by atoms with Crippen LogP contribution in [0.2, 0.25) is 0 Å². The van der Waals surface area contributed by atoms with Crippen LogP contribution < -0.4 is 14.2 Å². The number of hydrogen-bond donors (Lipinski definition) is 0. The first-order valence-electron chi connectivity index (χ1n) is 5.81. The van der Waals surface area contributed by atoms with Crippen LogP contribution in [0.1, 0.15) is 22.1 Å². The van der Waals surface area contributed by atoms with Gasteiger partial charge in [0.1, 0.15) is 6.29 Å². The number of rotatable bonds is 6. The van der Waals surface area contributed by atoms with Gasteiger partial charge in [0.05, 0.1) is 14.2 Å². The quantitative estimate of drug-likeness (QED) is 0.745. The average Bonchev–Trinajstić information content (AvgIpc) is 2.89. The Morgan fingerprint density at radius 3 is 2.35 bits per heavy atom. The van der Waals surface area contributed by atoms with Gasteiger partial charge in [0.15, 0.2) is 23.9 Å². The van der Waals surface area contributed by atoms with Crippen molar-refractivity contribution in [1.29, 1.82) is 0 Å². The van der Waals surface area contributed by atoms with Gasteiger partial charge < -0.3 is 18.7 Å². The van der Waals surface area contributed by atoms with E-state index in [0.717, 1.165) is 0 Å². The normalized spacial score (nSPS) is 10.2. The predicted octanol–water partition coefficient (Wildman–Crippen LogP) is 1.79. The van der Waals surface area contributed by atoms with Crippen LogP contribution in [0, 0.1) is 6.92 Å². The maximum absolute atomic E-state index is 10.9. The van der Waals surface area contributed by atoms with E-state index in [4.69, 9.17) is 18.7 Å². The molecule has 0 aliphatic rings. The first-order valence-corrected chi connectivity index (χ1v) is 5.81. The third kappa shape index (κ3) is 2.87. The van der Waals surface area contributed by atoms with Gasteiger partial charge in [0, 0.05) is 5.56 Å². The summed E-state index contributed by atoms with van der Waals surface area (Å²) in [6.45, 7) is 1.79. The molecule has 106 valence electrons. The van der Waals surface area contributed by atoms with Gasteiger partial charge in [-0.15, -0.1) is 0 Å². The zero-order valence-electron chi connectivity index (χ0n) is 11.4. The molecule has 0 atom stereocenters. The Morgan fingerprint density at radius 2 is 1.90 bits per heavy atom. The zero-order chi connectivity index (χ0) is 14.5. The number of hydrogen-bond acceptors (Lipinski definition) is 7. The van der Waals surface area contributed by atoms with Crippen LogP contribution in [-0.2, 0) is 6.61 Å². The van der Waals surface area contributed by atoms with Gasteiger partial charge >= 0.3 is 0 Å². The van der Waals surface area contributed by atoms with E-state index in [0.29, 0.717) is 40.8 Å². The minimum atomic E-state index is 0.0774. The van der Waals surface area contributed by atoms with Gasteiger partial charge in [-0.05, 0) is 19.1 Å². The second-order valence-electron chi connectivity index (χ2n) is 3.90. The number of aryl methyl sites for hydroxylation is 1. The fourth-order valence-corrected chi connectivity index (χ4v) is 1.64. The molecular formula is C13H14N2O5. The highest BCUT2D eigenvalue weighted by Gasteiger charge is 2.15. The lowest BCUT2D eigenvalue weighted by molar-refractivity contribution is 0.112. The topological polar surface area (TPSA) is 83.7 Å². The number of carbonyl (C=O) groups excluding carboxylic acids is 1. The summed E-state index contributed by atoms with van der Waals surface area (Å²) in [6.07, 6.45) is 0.705. The van der Waals surface area contributed by atoms with E-state index >= 15 is 0 Å². The van der Waals surface area contributed by atoms with E-state index in [1.165, 1.54) is 14.2 Å². The van der Waals surface area contributed by atoms with E-state index in [1.807, 2.05) is 0 Å². The van der Waals surface area contributed by atoms with Crippen molar-refractivity contribution in [3.63, 3.8) is 0 Å². The van der Waals surface area contributed by atoms with Crippen molar-refractivity contribution in [2.45, 2.75) is 13.5 Å². The Morgan fingerprint density at radius 1 is 1.25 bits per heavy atom. The van der Waals surface area contributed by atoms with Crippen molar-refractivity contribution in [2.75, 3.05) is 14.2 Å². The number of nitrogens with zero attached hydrogens (tertiary/aromatic N) is 2. The summed E-state index contributed by atoms with van der Waals surface area (Å²) in [4.78, 5) is 14.9. The molecule has 1 aromatic carbocycles. The number of ether oxygens (including phenoxy) is 3. The van der Waals surface area contributed by atoms with E-state index in [2.05, 4.69) is 10.1 Å². The number of methoxy groups -OCH3 is 2. The van der Waals surface area contributed by atoms with Crippen molar-refractivity contribution in [3.8, 4) is 17.2 Å². The Labute approximate surface area is 115 Å². The van der Waals surface area contributed by atoms with Crippen LogP contribution in [0.15, 0.2) is 16.7 Å². The lowest BCUT2D eigenvalue weighted by Gasteiger charge is -2.13. The molecule has 0 radical (unpaired) electrons. The number of benzene rings is 1. The first kappa shape index (κ1) is 13.9. The molecule has 1 aromatic heterocycles. The maximum Gasteiger partial charge on any atom is 0.264 e.